The summed E-state index contributed by atoms with van der Waals surface area (Å²) in [5, 5.41) is -0.506. The molecule has 2 aromatic rings. The Morgan fingerprint density at radius 3 is 2.31 bits per heavy atom. The minimum Gasteiger partial charge on any atom is -0.208 e. The Bertz CT molecular complexity index is 950. The summed E-state index contributed by atoms with van der Waals surface area (Å²) in [5.41, 5.74) is -0.517. The van der Waals surface area contributed by atoms with Gasteiger partial charge in [0.2, 0.25) is 0 Å². The van der Waals surface area contributed by atoms with Crippen molar-refractivity contribution in [3.63, 3.8) is 0 Å². The van der Waals surface area contributed by atoms with Crippen molar-refractivity contribution in [3.05, 3.63) is 64.8 Å². The molecule has 0 amide bonds. The van der Waals surface area contributed by atoms with Crippen molar-refractivity contribution in [2.24, 2.45) is 11.8 Å². The zero-order valence-corrected chi connectivity index (χ0v) is 16.7. The van der Waals surface area contributed by atoms with Gasteiger partial charge in [0, 0.05) is 11.5 Å². The van der Waals surface area contributed by atoms with Crippen LogP contribution in [0.1, 0.15) is 57.1 Å². The Hall–Kier alpha value is -2.17. The molecular formula is C24H25F5. The topological polar surface area (TPSA) is 0 Å². The van der Waals surface area contributed by atoms with Gasteiger partial charge in [-0.2, -0.15) is 0 Å². The number of fused-ring (bicyclic) bond motifs is 1. The van der Waals surface area contributed by atoms with Gasteiger partial charge in [0.15, 0.2) is 17.5 Å². The number of allylic oxidation sites excluding steroid dienone is 3. The second-order valence-corrected chi connectivity index (χ2v) is 7.74. The molecule has 0 heterocycles. The van der Waals surface area contributed by atoms with E-state index in [9.17, 15) is 22.0 Å². The van der Waals surface area contributed by atoms with Gasteiger partial charge in [0.05, 0.1) is 5.39 Å². The summed E-state index contributed by atoms with van der Waals surface area (Å²) in [7, 11) is 0. The van der Waals surface area contributed by atoms with E-state index in [1.807, 2.05) is 19.9 Å². The largest absolute Gasteiger partial charge is 0.208 e. The van der Waals surface area contributed by atoms with E-state index in [0.717, 1.165) is 18.9 Å². The highest BCUT2D eigenvalue weighted by Crippen LogP contribution is 2.40. The van der Waals surface area contributed by atoms with Gasteiger partial charge < -0.3 is 0 Å². The summed E-state index contributed by atoms with van der Waals surface area (Å²) in [6.07, 6.45) is 7.30. The standard InChI is InChI=1S/C24H25F5/c1-3-5-14-7-9-15(10-8-14)20(25)23(28)18-12-11-16-13-17(6-4-2)21(26)24(29)19(16)22(18)27/h3,5,11-15H,4,6-10H2,1-2H3/b5-3+,23-20?. The van der Waals surface area contributed by atoms with Gasteiger partial charge in [0.1, 0.15) is 11.6 Å². The molecule has 0 saturated heterocycles. The molecule has 0 radical (unpaired) electrons. The summed E-state index contributed by atoms with van der Waals surface area (Å²) in [4.78, 5) is 0. The quantitative estimate of drug-likeness (QED) is 0.345. The van der Waals surface area contributed by atoms with Crippen LogP contribution in [0.3, 0.4) is 0 Å². The first-order valence-electron chi connectivity index (χ1n) is 10.2. The van der Waals surface area contributed by atoms with Gasteiger partial charge in [-0.1, -0.05) is 31.6 Å². The second kappa shape index (κ2) is 9.10. The van der Waals surface area contributed by atoms with Crippen molar-refractivity contribution in [1.82, 2.24) is 0 Å². The Kier molecular flexibility index (Phi) is 6.76. The van der Waals surface area contributed by atoms with E-state index in [-0.39, 0.29) is 10.9 Å². The molecule has 1 saturated carbocycles. The van der Waals surface area contributed by atoms with Crippen LogP contribution in [-0.2, 0) is 6.42 Å². The van der Waals surface area contributed by atoms with Crippen molar-refractivity contribution in [3.8, 4) is 0 Å². The molecule has 0 N–H and O–H groups in total. The Morgan fingerprint density at radius 2 is 1.69 bits per heavy atom. The fraction of sp³-hybridized carbons (Fsp3) is 0.417. The normalized spacial score (nSPS) is 21.1. The zero-order chi connectivity index (χ0) is 21.1. The summed E-state index contributed by atoms with van der Waals surface area (Å²) in [6.45, 7) is 3.74. The molecular weight excluding hydrogens is 383 g/mol. The van der Waals surface area contributed by atoms with Crippen LogP contribution >= 0.6 is 0 Å². The monoisotopic (exact) mass is 408 g/mol. The van der Waals surface area contributed by atoms with Crippen molar-refractivity contribution in [2.75, 3.05) is 0 Å². The Balaban J connectivity index is 1.99. The number of rotatable bonds is 5. The fourth-order valence-electron chi connectivity index (χ4n) is 4.20. The van der Waals surface area contributed by atoms with E-state index in [1.54, 1.807) is 0 Å². The highest BCUT2D eigenvalue weighted by molar-refractivity contribution is 5.88. The lowest BCUT2D eigenvalue weighted by molar-refractivity contribution is 0.304. The fourth-order valence-corrected chi connectivity index (χ4v) is 4.20. The van der Waals surface area contributed by atoms with Crippen LogP contribution in [0, 0.1) is 29.3 Å². The van der Waals surface area contributed by atoms with Crippen LogP contribution in [0.4, 0.5) is 22.0 Å². The van der Waals surface area contributed by atoms with Crippen LogP contribution in [0.2, 0.25) is 0 Å². The summed E-state index contributed by atoms with van der Waals surface area (Å²) in [5.74, 6) is -6.37. The summed E-state index contributed by atoms with van der Waals surface area (Å²) in [6, 6.07) is 3.78. The van der Waals surface area contributed by atoms with Crippen LogP contribution in [0.5, 0.6) is 0 Å². The maximum absolute atomic E-state index is 14.9. The SMILES string of the molecule is C/C=C/C1CCC(C(F)=C(F)c2ccc3cc(CCC)c(F)c(F)c3c2F)CC1. The molecule has 156 valence electrons. The number of hydrogen-bond donors (Lipinski definition) is 0. The van der Waals surface area contributed by atoms with E-state index in [1.165, 1.54) is 12.1 Å². The Labute approximate surface area is 168 Å². The van der Waals surface area contributed by atoms with E-state index >= 15 is 0 Å². The second-order valence-electron chi connectivity index (χ2n) is 7.74. The molecule has 3 rings (SSSR count). The first-order chi connectivity index (χ1) is 13.9. The molecule has 5 heteroatoms. The third kappa shape index (κ3) is 4.24. The molecule has 0 aliphatic heterocycles. The minimum absolute atomic E-state index is 0.133. The molecule has 0 aromatic heterocycles. The minimum atomic E-state index is -1.36. The van der Waals surface area contributed by atoms with Gasteiger partial charge in [-0.15, -0.1) is 0 Å². The molecule has 0 nitrogen and oxygen atoms in total. The lowest BCUT2D eigenvalue weighted by Crippen LogP contribution is -2.14. The average Bonchev–Trinajstić information content (AvgIpc) is 2.72. The number of hydrogen-bond acceptors (Lipinski definition) is 0. The number of aryl methyl sites for hydroxylation is 1. The third-order valence-electron chi connectivity index (χ3n) is 5.76. The first-order valence-corrected chi connectivity index (χ1v) is 10.2. The van der Waals surface area contributed by atoms with Gasteiger partial charge in [-0.25, -0.2) is 22.0 Å². The lowest BCUT2D eigenvalue weighted by atomic mass is 9.81. The van der Waals surface area contributed by atoms with Gasteiger partial charge in [-0.3, -0.25) is 0 Å². The van der Waals surface area contributed by atoms with Crippen LogP contribution in [-0.4, -0.2) is 0 Å². The van der Waals surface area contributed by atoms with Crippen LogP contribution in [0.15, 0.2) is 36.2 Å². The van der Waals surface area contributed by atoms with E-state index in [0.29, 0.717) is 31.6 Å². The highest BCUT2D eigenvalue weighted by Gasteiger charge is 2.28. The molecule has 1 aliphatic carbocycles. The van der Waals surface area contributed by atoms with Gasteiger partial charge in [0.25, 0.3) is 0 Å². The first kappa shape index (κ1) is 21.5. The van der Waals surface area contributed by atoms with E-state index in [2.05, 4.69) is 6.08 Å². The molecule has 0 bridgehead atoms. The van der Waals surface area contributed by atoms with Crippen molar-refractivity contribution < 1.29 is 22.0 Å². The maximum atomic E-state index is 14.9. The molecule has 29 heavy (non-hydrogen) atoms. The van der Waals surface area contributed by atoms with Crippen molar-refractivity contribution >= 4 is 16.6 Å². The molecule has 0 unspecified atom stereocenters. The predicted molar refractivity (Wildman–Crippen MR) is 107 cm³/mol. The van der Waals surface area contributed by atoms with Crippen molar-refractivity contribution in [1.29, 1.82) is 0 Å². The smallest absolute Gasteiger partial charge is 0.169 e. The summed E-state index contributed by atoms with van der Waals surface area (Å²) < 4.78 is 73.2. The van der Waals surface area contributed by atoms with Gasteiger partial charge >= 0.3 is 0 Å². The lowest BCUT2D eigenvalue weighted by Gasteiger charge is -2.26. The van der Waals surface area contributed by atoms with Crippen molar-refractivity contribution in [2.45, 2.75) is 52.4 Å². The maximum Gasteiger partial charge on any atom is 0.169 e. The zero-order valence-electron chi connectivity index (χ0n) is 16.7. The molecule has 0 spiro atoms. The van der Waals surface area contributed by atoms with Crippen LogP contribution in [0.25, 0.3) is 16.6 Å². The van der Waals surface area contributed by atoms with Crippen LogP contribution < -0.4 is 0 Å². The molecule has 2 aromatic carbocycles. The average molecular weight is 408 g/mol. The van der Waals surface area contributed by atoms with E-state index in [4.69, 9.17) is 0 Å². The molecule has 0 atom stereocenters. The van der Waals surface area contributed by atoms with Gasteiger partial charge in [-0.05, 0) is 68.0 Å². The predicted octanol–water partition coefficient (Wildman–Crippen LogP) is 8.20. The molecule has 1 fully saturated rings. The number of halogens is 5. The summed E-state index contributed by atoms with van der Waals surface area (Å²) >= 11 is 0. The highest BCUT2D eigenvalue weighted by atomic mass is 19.2. The Morgan fingerprint density at radius 1 is 1.00 bits per heavy atom. The van der Waals surface area contributed by atoms with E-state index < -0.39 is 46.0 Å². The third-order valence-corrected chi connectivity index (χ3v) is 5.76. The molecule has 1 aliphatic rings. The number of benzene rings is 2.